The van der Waals surface area contributed by atoms with Crippen molar-refractivity contribution in [1.82, 2.24) is 0 Å². The highest BCUT2D eigenvalue weighted by molar-refractivity contribution is 4.83. The molecule has 1 atom stereocenters. The first-order chi connectivity index (χ1) is 5.15. The summed E-state index contributed by atoms with van der Waals surface area (Å²) in [5.74, 6) is 4.02. The lowest BCUT2D eigenvalue weighted by Crippen LogP contribution is -2.31. The van der Waals surface area contributed by atoms with Gasteiger partial charge in [-0.2, -0.15) is 0 Å². The first kappa shape index (κ1) is 9.09. The van der Waals surface area contributed by atoms with E-state index in [0.717, 1.165) is 23.7 Å². The second-order valence-electron chi connectivity index (χ2n) is 4.62. The fraction of sp³-hybridized carbons (Fsp3) is 1.00. The first-order valence-electron chi connectivity index (χ1n) is 5.15. The second kappa shape index (κ2) is 3.60. The molecule has 1 saturated carbocycles. The molecule has 1 unspecified atom stereocenters. The maximum absolute atomic E-state index is 2.40. The van der Waals surface area contributed by atoms with Crippen LogP contribution in [0.4, 0.5) is 0 Å². The van der Waals surface area contributed by atoms with Crippen LogP contribution in [0.1, 0.15) is 47.0 Å². The van der Waals surface area contributed by atoms with Gasteiger partial charge in [0, 0.05) is 0 Å². The molecule has 0 bridgehead atoms. The third kappa shape index (κ3) is 1.98. The van der Waals surface area contributed by atoms with Crippen molar-refractivity contribution in [1.29, 1.82) is 0 Å². The van der Waals surface area contributed by atoms with Crippen LogP contribution in [0.25, 0.3) is 0 Å². The van der Waals surface area contributed by atoms with Crippen LogP contribution in [0.2, 0.25) is 0 Å². The van der Waals surface area contributed by atoms with Crippen molar-refractivity contribution in [2.75, 3.05) is 0 Å². The lowest BCUT2D eigenvalue weighted by atomic mass is 9.64. The van der Waals surface area contributed by atoms with Gasteiger partial charge >= 0.3 is 0 Å². The van der Waals surface area contributed by atoms with Gasteiger partial charge in [0.2, 0.25) is 0 Å². The molecule has 0 radical (unpaired) electrons. The zero-order valence-corrected chi connectivity index (χ0v) is 8.43. The molecule has 0 N–H and O–H groups in total. The van der Waals surface area contributed by atoms with E-state index in [4.69, 9.17) is 0 Å². The molecule has 11 heavy (non-hydrogen) atoms. The minimum Gasteiger partial charge on any atom is -0.0651 e. The number of hydrogen-bond donors (Lipinski definition) is 0. The van der Waals surface area contributed by atoms with E-state index in [1.807, 2.05) is 0 Å². The van der Waals surface area contributed by atoms with Crippen LogP contribution >= 0.6 is 0 Å². The highest BCUT2D eigenvalue weighted by Crippen LogP contribution is 2.43. The van der Waals surface area contributed by atoms with Gasteiger partial charge in [-0.15, -0.1) is 0 Å². The summed E-state index contributed by atoms with van der Waals surface area (Å²) >= 11 is 0. The zero-order chi connectivity index (χ0) is 8.43. The van der Waals surface area contributed by atoms with E-state index in [9.17, 15) is 0 Å². The molecular weight excluding hydrogens is 132 g/mol. The summed E-state index contributed by atoms with van der Waals surface area (Å²) in [6.07, 6.45) is 4.38. The van der Waals surface area contributed by atoms with Gasteiger partial charge in [0.1, 0.15) is 0 Å². The minimum absolute atomic E-state index is 0.926. The Labute approximate surface area is 71.4 Å². The maximum Gasteiger partial charge on any atom is -0.0383 e. The Kier molecular flexibility index (Phi) is 2.98. The van der Waals surface area contributed by atoms with Crippen LogP contribution in [0.5, 0.6) is 0 Å². The average molecular weight is 154 g/mol. The van der Waals surface area contributed by atoms with Crippen LogP contribution in [-0.2, 0) is 0 Å². The highest BCUT2D eigenvalue weighted by atomic mass is 14.4. The van der Waals surface area contributed by atoms with Crippen molar-refractivity contribution in [2.24, 2.45) is 23.7 Å². The van der Waals surface area contributed by atoms with Crippen LogP contribution < -0.4 is 0 Å². The standard InChI is InChI=1S/C11H22/c1-5-9(4)11-6-10(7-11)8(2)3/h8-11H,5-7H2,1-4H3. The van der Waals surface area contributed by atoms with Crippen molar-refractivity contribution in [3.8, 4) is 0 Å². The van der Waals surface area contributed by atoms with Gasteiger partial charge in [0.25, 0.3) is 0 Å². The number of rotatable bonds is 3. The van der Waals surface area contributed by atoms with Gasteiger partial charge < -0.3 is 0 Å². The fourth-order valence-electron chi connectivity index (χ4n) is 2.05. The molecule has 0 aliphatic heterocycles. The molecule has 0 heteroatoms. The Morgan fingerprint density at radius 3 is 2.00 bits per heavy atom. The topological polar surface area (TPSA) is 0 Å². The van der Waals surface area contributed by atoms with E-state index in [1.165, 1.54) is 19.3 Å². The van der Waals surface area contributed by atoms with Crippen LogP contribution in [0, 0.1) is 23.7 Å². The van der Waals surface area contributed by atoms with Gasteiger partial charge in [-0.05, 0) is 36.5 Å². The van der Waals surface area contributed by atoms with Crippen molar-refractivity contribution in [3.63, 3.8) is 0 Å². The summed E-state index contributed by atoms with van der Waals surface area (Å²) in [6.45, 7) is 9.43. The third-order valence-corrected chi connectivity index (χ3v) is 3.60. The molecule has 0 saturated heterocycles. The van der Waals surface area contributed by atoms with Crippen molar-refractivity contribution in [2.45, 2.75) is 47.0 Å². The summed E-state index contributed by atoms with van der Waals surface area (Å²) in [5, 5.41) is 0. The van der Waals surface area contributed by atoms with E-state index in [0.29, 0.717) is 0 Å². The van der Waals surface area contributed by atoms with Crippen molar-refractivity contribution >= 4 is 0 Å². The molecule has 0 aromatic heterocycles. The minimum atomic E-state index is 0.926. The zero-order valence-electron chi connectivity index (χ0n) is 8.43. The largest absolute Gasteiger partial charge is 0.0651 e. The molecule has 1 aliphatic rings. The fourth-order valence-corrected chi connectivity index (χ4v) is 2.05. The SMILES string of the molecule is CCC(C)C1CC(C(C)C)C1. The normalized spacial score (nSPS) is 33.5. The predicted molar refractivity (Wildman–Crippen MR) is 50.5 cm³/mol. The maximum atomic E-state index is 2.40. The van der Waals surface area contributed by atoms with Gasteiger partial charge in [0.05, 0.1) is 0 Å². The Bertz CT molecular complexity index is 109. The molecule has 66 valence electrons. The summed E-state index contributed by atoms with van der Waals surface area (Å²) in [5.41, 5.74) is 0. The van der Waals surface area contributed by atoms with E-state index in [1.54, 1.807) is 0 Å². The third-order valence-electron chi connectivity index (χ3n) is 3.60. The summed E-state index contributed by atoms with van der Waals surface area (Å²) in [6, 6.07) is 0. The molecule has 1 aliphatic carbocycles. The van der Waals surface area contributed by atoms with Crippen LogP contribution in [0.15, 0.2) is 0 Å². The Morgan fingerprint density at radius 2 is 1.64 bits per heavy atom. The average Bonchev–Trinajstić information content (AvgIpc) is 1.83. The second-order valence-corrected chi connectivity index (χ2v) is 4.62. The van der Waals surface area contributed by atoms with Crippen LogP contribution in [-0.4, -0.2) is 0 Å². The molecule has 0 nitrogen and oxygen atoms in total. The quantitative estimate of drug-likeness (QED) is 0.581. The monoisotopic (exact) mass is 154 g/mol. The van der Waals surface area contributed by atoms with E-state index in [2.05, 4.69) is 27.7 Å². The Hall–Kier alpha value is 0. The van der Waals surface area contributed by atoms with Crippen molar-refractivity contribution < 1.29 is 0 Å². The van der Waals surface area contributed by atoms with E-state index in [-0.39, 0.29) is 0 Å². The summed E-state index contributed by atoms with van der Waals surface area (Å²) in [4.78, 5) is 0. The lowest BCUT2D eigenvalue weighted by Gasteiger charge is -2.41. The van der Waals surface area contributed by atoms with E-state index < -0.39 is 0 Å². The molecule has 1 fully saturated rings. The molecule has 0 amide bonds. The first-order valence-corrected chi connectivity index (χ1v) is 5.15. The molecule has 0 aromatic rings. The van der Waals surface area contributed by atoms with E-state index >= 15 is 0 Å². The lowest BCUT2D eigenvalue weighted by molar-refractivity contribution is 0.0934. The van der Waals surface area contributed by atoms with Crippen LogP contribution in [0.3, 0.4) is 0 Å². The molecule has 1 rings (SSSR count). The molecule has 0 spiro atoms. The molecule has 0 aromatic carbocycles. The summed E-state index contributed by atoms with van der Waals surface area (Å²) in [7, 11) is 0. The predicted octanol–water partition coefficient (Wildman–Crippen LogP) is 3.71. The number of hydrogen-bond acceptors (Lipinski definition) is 0. The molecule has 0 heterocycles. The smallest absolute Gasteiger partial charge is 0.0383 e. The van der Waals surface area contributed by atoms with Crippen molar-refractivity contribution in [3.05, 3.63) is 0 Å². The van der Waals surface area contributed by atoms with Gasteiger partial charge in [-0.3, -0.25) is 0 Å². The van der Waals surface area contributed by atoms with Gasteiger partial charge in [0.15, 0.2) is 0 Å². The summed E-state index contributed by atoms with van der Waals surface area (Å²) < 4.78 is 0. The highest BCUT2D eigenvalue weighted by Gasteiger charge is 2.33. The van der Waals surface area contributed by atoms with Gasteiger partial charge in [-0.1, -0.05) is 34.1 Å². The molecular formula is C11H22. The Balaban J connectivity index is 2.18. The Morgan fingerprint density at radius 1 is 1.09 bits per heavy atom. The van der Waals surface area contributed by atoms with Gasteiger partial charge in [-0.25, -0.2) is 0 Å².